The summed E-state index contributed by atoms with van der Waals surface area (Å²) in [6.07, 6.45) is 3.04. The summed E-state index contributed by atoms with van der Waals surface area (Å²) >= 11 is 0. The first kappa shape index (κ1) is 20.0. The normalized spacial score (nSPS) is 16.5. The van der Waals surface area contributed by atoms with Gasteiger partial charge in [0.05, 0.1) is 25.2 Å². The number of aryl methyl sites for hydroxylation is 1. The van der Waals surface area contributed by atoms with Gasteiger partial charge in [0.2, 0.25) is 0 Å². The standard InChI is InChI=1S/C23H25N3O4/c1-29-18-10-11-22(30-2)19(15-18)23-21-9-5-12-24(21)13-6-14-25(23)16-17-7-3-4-8-20(17)26(27)28/h3-5,7-12,15,23H,6,13-14,16H2,1-2H3. The summed E-state index contributed by atoms with van der Waals surface area (Å²) in [4.78, 5) is 13.6. The first-order chi connectivity index (χ1) is 14.6. The Morgan fingerprint density at radius 1 is 1.07 bits per heavy atom. The number of para-hydroxylation sites is 1. The molecule has 2 aromatic carbocycles. The summed E-state index contributed by atoms with van der Waals surface area (Å²) in [5.41, 5.74) is 2.97. The van der Waals surface area contributed by atoms with E-state index < -0.39 is 0 Å². The molecule has 1 aromatic heterocycles. The second-order valence-corrected chi connectivity index (χ2v) is 7.35. The molecule has 0 radical (unpaired) electrons. The molecule has 0 amide bonds. The third-order valence-corrected chi connectivity index (χ3v) is 5.65. The molecule has 0 fully saturated rings. The molecule has 7 nitrogen and oxygen atoms in total. The smallest absolute Gasteiger partial charge is 0.273 e. The third kappa shape index (κ3) is 3.76. The number of ether oxygens (including phenoxy) is 2. The number of hydrogen-bond donors (Lipinski definition) is 0. The van der Waals surface area contributed by atoms with Crippen molar-refractivity contribution in [2.75, 3.05) is 20.8 Å². The fourth-order valence-electron chi connectivity index (χ4n) is 4.26. The highest BCUT2D eigenvalue weighted by Crippen LogP contribution is 2.40. The lowest BCUT2D eigenvalue weighted by Crippen LogP contribution is -2.30. The Balaban J connectivity index is 1.83. The van der Waals surface area contributed by atoms with Crippen molar-refractivity contribution in [2.24, 2.45) is 0 Å². The first-order valence-electron chi connectivity index (χ1n) is 9.95. The molecule has 0 saturated carbocycles. The molecule has 4 rings (SSSR count). The molecular weight excluding hydrogens is 382 g/mol. The van der Waals surface area contributed by atoms with E-state index in [0.717, 1.165) is 42.3 Å². The third-order valence-electron chi connectivity index (χ3n) is 5.65. The lowest BCUT2D eigenvalue weighted by Gasteiger charge is -2.31. The summed E-state index contributed by atoms with van der Waals surface area (Å²) in [6.45, 7) is 2.17. The topological polar surface area (TPSA) is 69.8 Å². The maximum atomic E-state index is 11.6. The van der Waals surface area contributed by atoms with Crippen LogP contribution in [0.4, 0.5) is 5.69 Å². The number of aromatic nitrogens is 1. The van der Waals surface area contributed by atoms with Crippen LogP contribution >= 0.6 is 0 Å². The van der Waals surface area contributed by atoms with Crippen molar-refractivity contribution in [1.29, 1.82) is 0 Å². The minimum Gasteiger partial charge on any atom is -0.497 e. The van der Waals surface area contributed by atoms with E-state index in [4.69, 9.17) is 9.47 Å². The number of nitro benzene ring substituents is 1. The second kappa shape index (κ2) is 8.59. The van der Waals surface area contributed by atoms with Crippen LogP contribution in [-0.4, -0.2) is 35.2 Å². The van der Waals surface area contributed by atoms with Crippen LogP contribution < -0.4 is 9.47 Å². The van der Waals surface area contributed by atoms with Crippen LogP contribution in [0.25, 0.3) is 0 Å². The molecule has 0 N–H and O–H groups in total. The molecular formula is C23H25N3O4. The van der Waals surface area contributed by atoms with Gasteiger partial charge in [-0.25, -0.2) is 0 Å². The van der Waals surface area contributed by atoms with Crippen molar-refractivity contribution in [3.63, 3.8) is 0 Å². The summed E-state index contributed by atoms with van der Waals surface area (Å²) in [6, 6.07) is 16.8. The van der Waals surface area contributed by atoms with Crippen LogP contribution in [0.3, 0.4) is 0 Å². The van der Waals surface area contributed by atoms with Crippen molar-refractivity contribution < 1.29 is 14.4 Å². The van der Waals surface area contributed by atoms with Crippen molar-refractivity contribution in [3.05, 3.63) is 87.7 Å². The maximum Gasteiger partial charge on any atom is 0.273 e. The maximum absolute atomic E-state index is 11.6. The second-order valence-electron chi connectivity index (χ2n) is 7.35. The van der Waals surface area contributed by atoms with Crippen LogP contribution in [0.15, 0.2) is 60.8 Å². The predicted octanol–water partition coefficient (Wildman–Crippen LogP) is 4.41. The lowest BCUT2D eigenvalue weighted by atomic mass is 9.99. The van der Waals surface area contributed by atoms with E-state index in [2.05, 4.69) is 21.7 Å². The molecule has 0 saturated heterocycles. The molecule has 1 atom stereocenters. The number of nitro groups is 1. The minimum absolute atomic E-state index is 0.118. The van der Waals surface area contributed by atoms with Gasteiger partial charge >= 0.3 is 0 Å². The summed E-state index contributed by atoms with van der Waals surface area (Å²) in [5.74, 6) is 1.52. The Morgan fingerprint density at radius 3 is 2.67 bits per heavy atom. The first-order valence-corrected chi connectivity index (χ1v) is 9.95. The van der Waals surface area contributed by atoms with E-state index in [0.29, 0.717) is 12.1 Å². The van der Waals surface area contributed by atoms with E-state index in [1.165, 1.54) is 0 Å². The zero-order chi connectivity index (χ0) is 21.1. The Bertz CT molecular complexity index is 1050. The Kier molecular flexibility index (Phi) is 5.72. The van der Waals surface area contributed by atoms with Crippen molar-refractivity contribution in [2.45, 2.75) is 25.6 Å². The van der Waals surface area contributed by atoms with E-state index in [1.807, 2.05) is 36.4 Å². The quantitative estimate of drug-likeness (QED) is 0.447. The van der Waals surface area contributed by atoms with Crippen LogP contribution in [-0.2, 0) is 13.1 Å². The van der Waals surface area contributed by atoms with Crippen LogP contribution in [0.2, 0.25) is 0 Å². The zero-order valence-corrected chi connectivity index (χ0v) is 17.2. The predicted molar refractivity (Wildman–Crippen MR) is 114 cm³/mol. The van der Waals surface area contributed by atoms with Crippen molar-refractivity contribution >= 4 is 5.69 Å². The fraction of sp³-hybridized carbons (Fsp3) is 0.304. The monoisotopic (exact) mass is 407 g/mol. The minimum atomic E-state index is -0.309. The molecule has 0 aliphatic carbocycles. The van der Waals surface area contributed by atoms with Gasteiger partial charge in [0.15, 0.2) is 0 Å². The Morgan fingerprint density at radius 2 is 1.90 bits per heavy atom. The lowest BCUT2D eigenvalue weighted by molar-refractivity contribution is -0.385. The van der Waals surface area contributed by atoms with Crippen molar-refractivity contribution in [3.8, 4) is 11.5 Å². The molecule has 1 aliphatic heterocycles. The molecule has 0 bridgehead atoms. The van der Waals surface area contributed by atoms with Crippen molar-refractivity contribution in [1.82, 2.24) is 9.47 Å². The Hall–Kier alpha value is -3.32. The molecule has 1 unspecified atom stereocenters. The average molecular weight is 407 g/mol. The van der Waals surface area contributed by atoms with Gasteiger partial charge in [0.1, 0.15) is 11.5 Å². The summed E-state index contributed by atoms with van der Waals surface area (Å²) < 4.78 is 13.4. The largest absolute Gasteiger partial charge is 0.497 e. The molecule has 7 heteroatoms. The molecule has 2 heterocycles. The van der Waals surface area contributed by atoms with E-state index in [9.17, 15) is 10.1 Å². The highest BCUT2D eigenvalue weighted by Gasteiger charge is 2.31. The van der Waals surface area contributed by atoms with Gasteiger partial charge in [0.25, 0.3) is 5.69 Å². The number of hydrogen-bond acceptors (Lipinski definition) is 5. The van der Waals surface area contributed by atoms with Gasteiger partial charge in [-0.15, -0.1) is 0 Å². The van der Waals surface area contributed by atoms with E-state index in [1.54, 1.807) is 26.4 Å². The number of rotatable bonds is 6. The number of fused-ring (bicyclic) bond motifs is 1. The SMILES string of the molecule is COc1ccc(OC)c(C2c3cccn3CCCN2Cc2ccccc2[N+](=O)[O-])c1. The molecule has 156 valence electrons. The van der Waals surface area contributed by atoms with Gasteiger partial charge in [-0.3, -0.25) is 15.0 Å². The zero-order valence-electron chi connectivity index (χ0n) is 17.2. The molecule has 3 aromatic rings. The summed E-state index contributed by atoms with van der Waals surface area (Å²) in [7, 11) is 3.31. The van der Waals surface area contributed by atoms with E-state index >= 15 is 0 Å². The van der Waals surface area contributed by atoms with Gasteiger partial charge in [0, 0.05) is 48.7 Å². The summed E-state index contributed by atoms with van der Waals surface area (Å²) in [5, 5.41) is 11.6. The van der Waals surface area contributed by atoms with Crippen LogP contribution in [0.1, 0.15) is 29.3 Å². The highest BCUT2D eigenvalue weighted by atomic mass is 16.6. The van der Waals surface area contributed by atoms with Gasteiger partial charge < -0.3 is 14.0 Å². The highest BCUT2D eigenvalue weighted by molar-refractivity contribution is 5.46. The van der Waals surface area contributed by atoms with Gasteiger partial charge in [-0.1, -0.05) is 18.2 Å². The average Bonchev–Trinajstić information content (AvgIpc) is 3.15. The van der Waals surface area contributed by atoms with Gasteiger partial charge in [-0.05, 0) is 36.8 Å². The molecule has 0 spiro atoms. The van der Waals surface area contributed by atoms with Crippen LogP contribution in [0, 0.1) is 10.1 Å². The fourth-order valence-corrected chi connectivity index (χ4v) is 4.26. The van der Waals surface area contributed by atoms with E-state index in [-0.39, 0.29) is 16.7 Å². The number of benzene rings is 2. The molecule has 1 aliphatic rings. The number of nitrogens with zero attached hydrogens (tertiary/aromatic N) is 3. The van der Waals surface area contributed by atoms with Crippen LogP contribution in [0.5, 0.6) is 11.5 Å². The molecule has 30 heavy (non-hydrogen) atoms. The Labute approximate surface area is 175 Å². The van der Waals surface area contributed by atoms with Gasteiger partial charge in [-0.2, -0.15) is 0 Å². The number of methoxy groups -OCH3 is 2.